The van der Waals surface area contributed by atoms with Gasteiger partial charge in [0.15, 0.2) is 0 Å². The van der Waals surface area contributed by atoms with Crippen LogP contribution < -0.4 is 11.1 Å². The Labute approximate surface area is 109 Å². The fourth-order valence-electron chi connectivity index (χ4n) is 1.70. The lowest BCUT2D eigenvalue weighted by atomic mass is 10.1. The van der Waals surface area contributed by atoms with Crippen molar-refractivity contribution in [3.8, 4) is 0 Å². The van der Waals surface area contributed by atoms with Gasteiger partial charge < -0.3 is 30.5 Å². The number of nitrogens with one attached hydrogen (secondary N) is 1. The minimum atomic E-state index is -0.995. The number of morpholine rings is 1. The first-order chi connectivity index (χ1) is 9.00. The van der Waals surface area contributed by atoms with Crippen LogP contribution in [0.4, 0.5) is 9.59 Å². The number of hydrogen-bond donors (Lipinski definition) is 3. The van der Waals surface area contributed by atoms with Crippen LogP contribution in [0, 0.1) is 0 Å². The van der Waals surface area contributed by atoms with Gasteiger partial charge in [-0.3, -0.25) is 4.79 Å². The first-order valence-corrected chi connectivity index (χ1v) is 5.77. The summed E-state index contributed by atoms with van der Waals surface area (Å²) in [4.78, 5) is 34.2. The molecule has 9 heteroatoms. The Morgan fingerprint density at radius 3 is 2.84 bits per heavy atom. The van der Waals surface area contributed by atoms with Crippen molar-refractivity contribution in [2.24, 2.45) is 5.73 Å². The molecule has 0 radical (unpaired) electrons. The maximum absolute atomic E-state index is 11.8. The average molecular weight is 275 g/mol. The zero-order valence-corrected chi connectivity index (χ0v) is 10.3. The van der Waals surface area contributed by atoms with Gasteiger partial charge in [0, 0.05) is 6.54 Å². The molecule has 0 saturated carbocycles. The topological polar surface area (TPSA) is 131 Å². The number of ether oxygens (including phenoxy) is 2. The number of aliphatic carboxylic acids is 1. The van der Waals surface area contributed by atoms with E-state index in [9.17, 15) is 14.4 Å². The van der Waals surface area contributed by atoms with E-state index in [-0.39, 0.29) is 26.2 Å². The van der Waals surface area contributed by atoms with Crippen LogP contribution in [0.25, 0.3) is 0 Å². The van der Waals surface area contributed by atoms with E-state index < -0.39 is 24.1 Å². The van der Waals surface area contributed by atoms with Crippen molar-refractivity contribution in [3.05, 3.63) is 0 Å². The van der Waals surface area contributed by atoms with Crippen molar-refractivity contribution in [1.29, 1.82) is 0 Å². The molecular formula is C10H17N3O6. The molecule has 0 aromatic heterocycles. The molecule has 1 aliphatic rings. The summed E-state index contributed by atoms with van der Waals surface area (Å²) in [5.41, 5.74) is 4.76. The molecule has 9 nitrogen and oxygen atoms in total. The summed E-state index contributed by atoms with van der Waals surface area (Å²) < 4.78 is 9.61. The van der Waals surface area contributed by atoms with Crippen LogP contribution in [0.2, 0.25) is 0 Å². The van der Waals surface area contributed by atoms with Crippen LogP contribution in [0.5, 0.6) is 0 Å². The van der Waals surface area contributed by atoms with Gasteiger partial charge in [-0.1, -0.05) is 0 Å². The standard InChI is InChI=1S/C10H17N3O6/c11-9(16)19-3-1-12-10(17)13-2-4-18-6-7(13)5-8(14)15/h7H,1-6H2,(H2,11,16)(H,12,17)(H,14,15). The van der Waals surface area contributed by atoms with Gasteiger partial charge in [-0.25, -0.2) is 9.59 Å². The van der Waals surface area contributed by atoms with E-state index in [1.807, 2.05) is 0 Å². The highest BCUT2D eigenvalue weighted by Gasteiger charge is 2.28. The molecular weight excluding hydrogens is 258 g/mol. The van der Waals surface area contributed by atoms with Crippen LogP contribution in [-0.4, -0.2) is 67.1 Å². The van der Waals surface area contributed by atoms with Gasteiger partial charge in [0.05, 0.1) is 32.2 Å². The fraction of sp³-hybridized carbons (Fsp3) is 0.700. The van der Waals surface area contributed by atoms with Crippen molar-refractivity contribution in [2.75, 3.05) is 32.9 Å². The Bertz CT molecular complexity index is 348. The molecule has 4 N–H and O–H groups in total. The molecule has 0 aliphatic carbocycles. The van der Waals surface area contributed by atoms with Crippen LogP contribution in [0.3, 0.4) is 0 Å². The van der Waals surface area contributed by atoms with Crippen LogP contribution in [0.1, 0.15) is 6.42 Å². The fourth-order valence-corrected chi connectivity index (χ4v) is 1.70. The minimum absolute atomic E-state index is 0.0327. The molecule has 1 aliphatic heterocycles. The van der Waals surface area contributed by atoms with Crippen LogP contribution in [-0.2, 0) is 14.3 Å². The number of rotatable bonds is 5. The van der Waals surface area contributed by atoms with Crippen molar-refractivity contribution in [1.82, 2.24) is 10.2 Å². The summed E-state index contributed by atoms with van der Waals surface area (Å²) in [6, 6.07) is -0.911. The predicted octanol–water partition coefficient (Wildman–Crippen LogP) is -1.03. The third-order valence-corrected chi connectivity index (χ3v) is 2.52. The van der Waals surface area contributed by atoms with E-state index in [0.717, 1.165) is 0 Å². The third kappa shape index (κ3) is 5.42. The highest BCUT2D eigenvalue weighted by Crippen LogP contribution is 2.10. The normalized spacial score (nSPS) is 18.7. The number of urea groups is 1. The highest BCUT2D eigenvalue weighted by atomic mass is 16.5. The van der Waals surface area contributed by atoms with Gasteiger partial charge in [-0.05, 0) is 0 Å². The second kappa shape index (κ2) is 7.41. The number of carboxylic acids is 1. The molecule has 0 bridgehead atoms. The number of nitrogens with zero attached hydrogens (tertiary/aromatic N) is 1. The zero-order valence-electron chi connectivity index (χ0n) is 10.3. The molecule has 1 unspecified atom stereocenters. The van der Waals surface area contributed by atoms with Gasteiger partial charge in [-0.2, -0.15) is 0 Å². The quantitative estimate of drug-likeness (QED) is 0.549. The largest absolute Gasteiger partial charge is 0.481 e. The molecule has 19 heavy (non-hydrogen) atoms. The van der Waals surface area contributed by atoms with Crippen molar-refractivity contribution >= 4 is 18.1 Å². The lowest BCUT2D eigenvalue weighted by Gasteiger charge is -2.34. The van der Waals surface area contributed by atoms with Crippen LogP contribution >= 0.6 is 0 Å². The molecule has 0 aromatic rings. The van der Waals surface area contributed by atoms with Gasteiger partial charge in [0.2, 0.25) is 0 Å². The molecule has 1 fully saturated rings. The second-order valence-electron chi connectivity index (χ2n) is 3.92. The summed E-state index contributed by atoms with van der Waals surface area (Å²) in [6.07, 6.45) is -1.09. The zero-order chi connectivity index (χ0) is 14.3. The van der Waals surface area contributed by atoms with E-state index in [1.54, 1.807) is 0 Å². The number of carbonyl (C=O) groups is 3. The number of carbonyl (C=O) groups excluding carboxylic acids is 2. The first kappa shape index (κ1) is 15.0. The third-order valence-electron chi connectivity index (χ3n) is 2.52. The summed E-state index contributed by atoms with van der Waals surface area (Å²) in [5.74, 6) is -0.995. The van der Waals surface area contributed by atoms with Crippen LogP contribution in [0.15, 0.2) is 0 Å². The molecule has 1 saturated heterocycles. The molecule has 1 rings (SSSR count). The Hall–Kier alpha value is -2.03. The molecule has 0 spiro atoms. The number of nitrogens with two attached hydrogens (primary N) is 1. The Morgan fingerprint density at radius 1 is 1.47 bits per heavy atom. The first-order valence-electron chi connectivity index (χ1n) is 5.77. The molecule has 1 heterocycles. The van der Waals surface area contributed by atoms with Gasteiger partial charge >= 0.3 is 18.1 Å². The molecule has 1 atom stereocenters. The molecule has 108 valence electrons. The van der Waals surface area contributed by atoms with E-state index >= 15 is 0 Å². The Balaban J connectivity index is 2.38. The Morgan fingerprint density at radius 2 is 2.21 bits per heavy atom. The lowest BCUT2D eigenvalue weighted by molar-refractivity contribution is -0.139. The average Bonchev–Trinajstić information content (AvgIpc) is 2.34. The van der Waals surface area contributed by atoms with Crippen molar-refractivity contribution in [2.45, 2.75) is 12.5 Å². The SMILES string of the molecule is NC(=O)OCCNC(=O)N1CCOCC1CC(=O)O. The lowest BCUT2D eigenvalue weighted by Crippen LogP contribution is -2.53. The maximum Gasteiger partial charge on any atom is 0.404 e. The van der Waals surface area contributed by atoms with E-state index in [1.165, 1.54) is 4.90 Å². The Kier molecular flexibility index (Phi) is 5.86. The van der Waals surface area contributed by atoms with E-state index in [2.05, 4.69) is 10.1 Å². The smallest absolute Gasteiger partial charge is 0.404 e. The van der Waals surface area contributed by atoms with Gasteiger partial charge in [-0.15, -0.1) is 0 Å². The summed E-state index contributed by atoms with van der Waals surface area (Å²) in [5, 5.41) is 11.3. The highest BCUT2D eigenvalue weighted by molar-refractivity contribution is 5.76. The van der Waals surface area contributed by atoms with Crippen molar-refractivity contribution in [3.63, 3.8) is 0 Å². The van der Waals surface area contributed by atoms with E-state index in [0.29, 0.717) is 13.2 Å². The van der Waals surface area contributed by atoms with Gasteiger partial charge in [0.25, 0.3) is 0 Å². The van der Waals surface area contributed by atoms with E-state index in [4.69, 9.17) is 15.6 Å². The summed E-state index contributed by atoms with van der Waals surface area (Å²) >= 11 is 0. The number of amides is 3. The number of hydrogen-bond acceptors (Lipinski definition) is 5. The number of primary amides is 1. The predicted molar refractivity (Wildman–Crippen MR) is 62.5 cm³/mol. The molecule has 0 aromatic carbocycles. The van der Waals surface area contributed by atoms with Crippen molar-refractivity contribution < 1.29 is 29.0 Å². The number of carboxylic acid groups (broad SMARTS) is 1. The monoisotopic (exact) mass is 275 g/mol. The molecule has 3 amide bonds. The summed E-state index contributed by atoms with van der Waals surface area (Å²) in [7, 11) is 0. The summed E-state index contributed by atoms with van der Waals surface area (Å²) in [6.45, 7) is 0.952. The minimum Gasteiger partial charge on any atom is -0.481 e. The second-order valence-corrected chi connectivity index (χ2v) is 3.92. The van der Waals surface area contributed by atoms with Gasteiger partial charge in [0.1, 0.15) is 6.61 Å². The maximum atomic E-state index is 11.8.